The number of hydrogen-bond acceptors (Lipinski definition) is 3. The van der Waals surface area contributed by atoms with Crippen molar-refractivity contribution in [3.63, 3.8) is 0 Å². The summed E-state index contributed by atoms with van der Waals surface area (Å²) in [5.74, 6) is -0.314. The fourth-order valence-corrected chi connectivity index (χ4v) is 2.43. The summed E-state index contributed by atoms with van der Waals surface area (Å²) in [6.07, 6.45) is 2.32. The van der Waals surface area contributed by atoms with Gasteiger partial charge in [-0.05, 0) is 50.0 Å². The highest BCUT2D eigenvalue weighted by molar-refractivity contribution is 7.98. The Kier molecular flexibility index (Phi) is 7.08. The van der Waals surface area contributed by atoms with Gasteiger partial charge in [0.25, 0.3) is 0 Å². The maximum absolute atomic E-state index is 12.3. The zero-order valence-electron chi connectivity index (χ0n) is 12.6. The summed E-state index contributed by atoms with van der Waals surface area (Å²) in [5, 5.41) is 11.8. The first-order valence-corrected chi connectivity index (χ1v) is 8.25. The quantitative estimate of drug-likeness (QED) is 0.812. The molecule has 0 fully saturated rings. The molecule has 0 unspecified atom stereocenters. The number of carbonyl (C=O) groups is 2. The number of rotatable bonds is 7. The maximum Gasteiger partial charge on any atom is 0.326 e. The van der Waals surface area contributed by atoms with E-state index < -0.39 is 12.0 Å². The van der Waals surface area contributed by atoms with Gasteiger partial charge >= 0.3 is 12.0 Å². The van der Waals surface area contributed by atoms with E-state index in [-0.39, 0.29) is 6.03 Å². The number of nitrogens with zero attached hydrogens (tertiary/aromatic N) is 1. The first-order chi connectivity index (χ1) is 9.99. The van der Waals surface area contributed by atoms with Gasteiger partial charge in [0.05, 0.1) is 0 Å². The van der Waals surface area contributed by atoms with Gasteiger partial charge in [-0.25, -0.2) is 9.59 Å². The first kappa shape index (κ1) is 17.4. The highest BCUT2D eigenvalue weighted by atomic mass is 32.2. The Bertz CT molecular complexity index is 494. The zero-order chi connectivity index (χ0) is 15.8. The predicted molar refractivity (Wildman–Crippen MR) is 87.2 cm³/mol. The molecule has 0 radical (unpaired) electrons. The van der Waals surface area contributed by atoms with E-state index in [2.05, 4.69) is 5.32 Å². The number of urea groups is 1. The van der Waals surface area contributed by atoms with Crippen LogP contribution in [-0.4, -0.2) is 41.7 Å². The molecule has 0 saturated heterocycles. The number of aliphatic carboxylic acids is 1. The smallest absolute Gasteiger partial charge is 0.326 e. The Morgan fingerprint density at radius 3 is 2.67 bits per heavy atom. The molecule has 1 aromatic rings. The molecule has 0 bridgehead atoms. The van der Waals surface area contributed by atoms with Crippen molar-refractivity contribution in [1.82, 2.24) is 5.32 Å². The summed E-state index contributed by atoms with van der Waals surface area (Å²) < 4.78 is 0. The van der Waals surface area contributed by atoms with Gasteiger partial charge in [-0.3, -0.25) is 4.90 Å². The number of carboxylic acids is 1. The van der Waals surface area contributed by atoms with Crippen LogP contribution in [0.1, 0.15) is 18.9 Å². The molecule has 0 aliphatic carbocycles. The average molecular weight is 310 g/mol. The van der Waals surface area contributed by atoms with E-state index in [9.17, 15) is 14.7 Å². The van der Waals surface area contributed by atoms with Gasteiger partial charge in [0, 0.05) is 12.2 Å². The van der Waals surface area contributed by atoms with Crippen molar-refractivity contribution in [3.8, 4) is 0 Å². The maximum atomic E-state index is 12.3. The molecule has 1 aromatic carbocycles. The number of amides is 2. The van der Waals surface area contributed by atoms with Crippen molar-refractivity contribution < 1.29 is 14.7 Å². The average Bonchev–Trinajstić information content (AvgIpc) is 2.44. The molecule has 0 spiro atoms. The van der Waals surface area contributed by atoms with Gasteiger partial charge in [-0.1, -0.05) is 12.1 Å². The molecule has 2 amide bonds. The van der Waals surface area contributed by atoms with Crippen LogP contribution in [0.3, 0.4) is 0 Å². The summed E-state index contributed by atoms with van der Waals surface area (Å²) in [4.78, 5) is 25.1. The van der Waals surface area contributed by atoms with E-state index in [0.29, 0.717) is 18.7 Å². The van der Waals surface area contributed by atoms with Crippen molar-refractivity contribution in [2.75, 3.05) is 23.5 Å². The molecule has 0 aliphatic rings. The van der Waals surface area contributed by atoms with Gasteiger partial charge in [-0.2, -0.15) is 11.8 Å². The molecule has 1 atom stereocenters. The van der Waals surface area contributed by atoms with Crippen LogP contribution in [0.25, 0.3) is 0 Å². The topological polar surface area (TPSA) is 69.6 Å². The van der Waals surface area contributed by atoms with Crippen LogP contribution in [0.2, 0.25) is 0 Å². The fraction of sp³-hybridized carbons (Fsp3) is 0.467. The van der Waals surface area contributed by atoms with Crippen LogP contribution in [-0.2, 0) is 4.79 Å². The van der Waals surface area contributed by atoms with E-state index in [1.807, 2.05) is 44.4 Å². The zero-order valence-corrected chi connectivity index (χ0v) is 13.4. The molecule has 5 nitrogen and oxygen atoms in total. The Morgan fingerprint density at radius 2 is 2.14 bits per heavy atom. The van der Waals surface area contributed by atoms with E-state index in [1.54, 1.807) is 16.7 Å². The minimum Gasteiger partial charge on any atom is -0.480 e. The molecule has 0 aromatic heterocycles. The number of thioether (sulfide) groups is 1. The standard InChI is InChI=1S/C15H22N2O3S/c1-4-17(12-7-5-6-11(2)10-12)15(20)16-13(14(18)19)8-9-21-3/h5-7,10,13H,4,8-9H2,1-3H3,(H,16,20)(H,18,19)/t13-/m1/s1. The fourth-order valence-electron chi connectivity index (χ4n) is 1.96. The third-order valence-electron chi connectivity index (χ3n) is 3.08. The molecule has 0 saturated carbocycles. The summed E-state index contributed by atoms with van der Waals surface area (Å²) in [5.41, 5.74) is 1.82. The summed E-state index contributed by atoms with van der Waals surface area (Å²) >= 11 is 1.56. The van der Waals surface area contributed by atoms with E-state index in [0.717, 1.165) is 11.3 Å². The predicted octanol–water partition coefficient (Wildman–Crippen LogP) is 2.74. The molecular formula is C15H22N2O3S. The van der Waals surface area contributed by atoms with Crippen molar-refractivity contribution in [2.24, 2.45) is 0 Å². The number of hydrogen-bond donors (Lipinski definition) is 2. The van der Waals surface area contributed by atoms with Crippen molar-refractivity contribution in [2.45, 2.75) is 26.3 Å². The van der Waals surface area contributed by atoms with Gasteiger partial charge in [0.2, 0.25) is 0 Å². The lowest BCUT2D eigenvalue weighted by atomic mass is 10.2. The summed E-state index contributed by atoms with van der Waals surface area (Å²) in [6.45, 7) is 4.29. The number of aryl methyl sites for hydroxylation is 1. The number of nitrogens with one attached hydrogen (secondary N) is 1. The molecule has 21 heavy (non-hydrogen) atoms. The second kappa shape index (κ2) is 8.56. The highest BCUT2D eigenvalue weighted by Gasteiger charge is 2.22. The van der Waals surface area contributed by atoms with Crippen molar-refractivity contribution >= 4 is 29.4 Å². The SMILES string of the molecule is CCN(C(=O)N[C@H](CCSC)C(=O)O)c1cccc(C)c1. The Balaban J connectivity index is 2.80. The second-order valence-corrected chi connectivity index (χ2v) is 5.69. The van der Waals surface area contributed by atoms with E-state index >= 15 is 0 Å². The minimum atomic E-state index is -1.00. The van der Waals surface area contributed by atoms with Crippen molar-refractivity contribution in [3.05, 3.63) is 29.8 Å². The lowest BCUT2D eigenvalue weighted by Gasteiger charge is -2.24. The molecular weight excluding hydrogens is 288 g/mol. The van der Waals surface area contributed by atoms with Gasteiger partial charge in [0.1, 0.15) is 6.04 Å². The van der Waals surface area contributed by atoms with Gasteiger partial charge in [-0.15, -0.1) is 0 Å². The normalized spacial score (nSPS) is 11.8. The van der Waals surface area contributed by atoms with Crippen LogP contribution in [0, 0.1) is 6.92 Å². The number of carboxylic acid groups (broad SMARTS) is 1. The number of carbonyl (C=O) groups excluding carboxylic acids is 1. The van der Waals surface area contributed by atoms with Crippen molar-refractivity contribution in [1.29, 1.82) is 0 Å². The Labute approximate surface area is 129 Å². The molecule has 1 rings (SSSR count). The third-order valence-corrected chi connectivity index (χ3v) is 3.73. The van der Waals surface area contributed by atoms with E-state index in [1.165, 1.54) is 0 Å². The molecule has 0 heterocycles. The van der Waals surface area contributed by atoms with Gasteiger partial charge in [0.15, 0.2) is 0 Å². The number of benzene rings is 1. The lowest BCUT2D eigenvalue weighted by Crippen LogP contribution is -2.48. The largest absolute Gasteiger partial charge is 0.480 e. The highest BCUT2D eigenvalue weighted by Crippen LogP contribution is 2.16. The minimum absolute atomic E-state index is 0.378. The van der Waals surface area contributed by atoms with Crippen LogP contribution < -0.4 is 10.2 Å². The van der Waals surface area contributed by atoms with Crippen LogP contribution in [0.5, 0.6) is 0 Å². The Morgan fingerprint density at radius 1 is 1.43 bits per heavy atom. The monoisotopic (exact) mass is 310 g/mol. The lowest BCUT2D eigenvalue weighted by molar-refractivity contribution is -0.139. The summed E-state index contributed by atoms with van der Waals surface area (Å²) in [6, 6.07) is 6.34. The molecule has 116 valence electrons. The first-order valence-electron chi connectivity index (χ1n) is 6.86. The third kappa shape index (κ3) is 5.30. The molecule has 6 heteroatoms. The van der Waals surface area contributed by atoms with Crippen LogP contribution in [0.4, 0.5) is 10.5 Å². The van der Waals surface area contributed by atoms with Crippen LogP contribution >= 0.6 is 11.8 Å². The molecule has 2 N–H and O–H groups in total. The molecule has 0 aliphatic heterocycles. The Hall–Kier alpha value is -1.69. The number of anilines is 1. The van der Waals surface area contributed by atoms with E-state index in [4.69, 9.17) is 0 Å². The van der Waals surface area contributed by atoms with Gasteiger partial charge < -0.3 is 10.4 Å². The second-order valence-electron chi connectivity index (χ2n) is 4.71. The van der Waals surface area contributed by atoms with Crippen LogP contribution in [0.15, 0.2) is 24.3 Å². The summed E-state index contributed by atoms with van der Waals surface area (Å²) in [7, 11) is 0.